The minimum absolute atomic E-state index is 0.0268. The normalized spacial score (nSPS) is 12.8. The number of hydrazine groups is 1. The Kier molecular flexibility index (Phi) is 9.41. The molecular weight excluding hydrogens is 667 g/mol. The molecule has 0 aliphatic rings. The number of anilines is 1. The van der Waals surface area contributed by atoms with Crippen molar-refractivity contribution in [3.05, 3.63) is 138 Å². The highest BCUT2D eigenvalue weighted by Gasteiger charge is 2.28. The van der Waals surface area contributed by atoms with E-state index in [4.69, 9.17) is 5.84 Å². The molecule has 4 N–H and O–H groups in total. The lowest BCUT2D eigenvalue weighted by molar-refractivity contribution is 0.590. The SMILES string of the molecule is CC(C)(C)c1ccc(-c2c(NN)c(-c3ccc(C(C)(C)C)cc3)c3c([nH]c4cccc(-c5ccc(C(C)(C)C)cc5)c43)c2-c2ccc(C(C)(C)C)cc2)cc1. The predicted molar refractivity (Wildman–Crippen MR) is 240 cm³/mol. The Hall–Kier alpha value is -5.12. The molecular formula is C52H59N3. The van der Waals surface area contributed by atoms with Gasteiger partial charge in [0.2, 0.25) is 0 Å². The molecule has 55 heavy (non-hydrogen) atoms. The monoisotopic (exact) mass is 725 g/mol. The number of aromatic nitrogens is 1. The van der Waals surface area contributed by atoms with E-state index in [9.17, 15) is 0 Å². The Morgan fingerprint density at radius 3 is 1.15 bits per heavy atom. The summed E-state index contributed by atoms with van der Waals surface area (Å²) in [5.74, 6) is 6.80. The van der Waals surface area contributed by atoms with Crippen LogP contribution in [0.3, 0.4) is 0 Å². The van der Waals surface area contributed by atoms with Crippen LogP contribution in [0.4, 0.5) is 5.69 Å². The summed E-state index contributed by atoms with van der Waals surface area (Å²) in [5, 5.41) is 2.35. The molecule has 0 saturated heterocycles. The number of nitrogens with one attached hydrogen (secondary N) is 2. The van der Waals surface area contributed by atoms with Gasteiger partial charge in [0.25, 0.3) is 0 Å². The van der Waals surface area contributed by atoms with E-state index in [1.54, 1.807) is 0 Å². The third-order valence-corrected chi connectivity index (χ3v) is 11.4. The zero-order valence-corrected chi connectivity index (χ0v) is 35.0. The topological polar surface area (TPSA) is 53.8 Å². The van der Waals surface area contributed by atoms with Crippen LogP contribution in [0.1, 0.15) is 105 Å². The summed E-state index contributed by atoms with van der Waals surface area (Å²) in [6.07, 6.45) is 0. The van der Waals surface area contributed by atoms with Gasteiger partial charge in [-0.05, 0) is 77.8 Å². The fraction of sp³-hybridized carbons (Fsp3) is 0.308. The number of rotatable bonds is 5. The van der Waals surface area contributed by atoms with Crippen LogP contribution in [0.5, 0.6) is 0 Å². The second-order valence-electron chi connectivity index (χ2n) is 19.6. The fourth-order valence-electron chi connectivity index (χ4n) is 8.00. The van der Waals surface area contributed by atoms with E-state index < -0.39 is 0 Å². The first kappa shape index (κ1) is 38.2. The number of benzene rings is 6. The molecule has 0 spiro atoms. The van der Waals surface area contributed by atoms with Gasteiger partial charge in [0.05, 0.1) is 11.2 Å². The van der Waals surface area contributed by atoms with E-state index in [1.807, 2.05) is 0 Å². The van der Waals surface area contributed by atoms with Crippen LogP contribution in [0.25, 0.3) is 66.3 Å². The Morgan fingerprint density at radius 1 is 0.400 bits per heavy atom. The van der Waals surface area contributed by atoms with Gasteiger partial charge in [0, 0.05) is 33.0 Å². The van der Waals surface area contributed by atoms with E-state index in [-0.39, 0.29) is 21.7 Å². The van der Waals surface area contributed by atoms with Crippen LogP contribution in [-0.4, -0.2) is 4.98 Å². The zero-order valence-electron chi connectivity index (χ0n) is 35.0. The van der Waals surface area contributed by atoms with Crippen LogP contribution in [0.15, 0.2) is 115 Å². The largest absolute Gasteiger partial charge is 0.354 e. The molecule has 1 heterocycles. The summed E-state index contributed by atoms with van der Waals surface area (Å²) in [7, 11) is 0. The minimum Gasteiger partial charge on any atom is -0.354 e. The van der Waals surface area contributed by atoms with Crippen molar-refractivity contribution in [3.63, 3.8) is 0 Å². The van der Waals surface area contributed by atoms with Crippen molar-refractivity contribution in [1.82, 2.24) is 4.98 Å². The quantitative estimate of drug-likeness (QED) is 0.122. The maximum Gasteiger partial charge on any atom is 0.0656 e. The van der Waals surface area contributed by atoms with Gasteiger partial charge in [-0.1, -0.05) is 192 Å². The first-order valence-electron chi connectivity index (χ1n) is 19.8. The van der Waals surface area contributed by atoms with Gasteiger partial charge >= 0.3 is 0 Å². The molecule has 3 heteroatoms. The molecule has 0 unspecified atom stereocenters. The van der Waals surface area contributed by atoms with Gasteiger partial charge < -0.3 is 10.4 Å². The molecule has 7 aromatic rings. The molecule has 0 saturated carbocycles. The Bertz CT molecular complexity index is 2480. The van der Waals surface area contributed by atoms with Crippen molar-refractivity contribution >= 4 is 27.5 Å². The average Bonchev–Trinajstić information content (AvgIpc) is 3.52. The predicted octanol–water partition coefficient (Wildman–Crippen LogP) is 14.5. The maximum absolute atomic E-state index is 6.80. The molecule has 0 aliphatic heterocycles. The second-order valence-corrected chi connectivity index (χ2v) is 19.6. The van der Waals surface area contributed by atoms with Crippen molar-refractivity contribution in [1.29, 1.82) is 0 Å². The van der Waals surface area contributed by atoms with Crippen molar-refractivity contribution in [2.24, 2.45) is 5.84 Å². The van der Waals surface area contributed by atoms with Gasteiger partial charge in [-0.3, -0.25) is 5.84 Å². The smallest absolute Gasteiger partial charge is 0.0656 e. The average molecular weight is 726 g/mol. The molecule has 0 amide bonds. The maximum atomic E-state index is 6.80. The molecule has 7 rings (SSSR count). The molecule has 6 aromatic carbocycles. The van der Waals surface area contributed by atoms with E-state index in [0.29, 0.717) is 0 Å². The molecule has 1 aromatic heterocycles. The number of nitrogen functional groups attached to an aromatic ring is 1. The highest BCUT2D eigenvalue weighted by atomic mass is 15.2. The number of fused-ring (bicyclic) bond motifs is 3. The number of hydrogen-bond donors (Lipinski definition) is 3. The van der Waals surface area contributed by atoms with Crippen LogP contribution in [0, 0.1) is 0 Å². The standard InChI is InChI=1S/C52H59N3/c1-49(2,3)36-24-16-32(17-25-36)40-14-13-15-41-45(40)46-44(35-22-30-39(31-23-35)52(10,11)12)48(55-53)43(34-20-28-38(29-21-34)51(7,8)9)42(47(46)54-41)33-18-26-37(27-19-33)50(4,5)6/h13-31,54-55H,53H2,1-12H3. The van der Waals surface area contributed by atoms with Crippen LogP contribution < -0.4 is 11.3 Å². The van der Waals surface area contributed by atoms with E-state index in [1.165, 1.54) is 38.8 Å². The van der Waals surface area contributed by atoms with Crippen molar-refractivity contribution in [2.75, 3.05) is 5.43 Å². The number of H-pyrrole nitrogens is 1. The van der Waals surface area contributed by atoms with Gasteiger partial charge in [-0.2, -0.15) is 0 Å². The molecule has 282 valence electrons. The summed E-state index contributed by atoms with van der Waals surface area (Å²) < 4.78 is 0. The van der Waals surface area contributed by atoms with Crippen molar-refractivity contribution < 1.29 is 0 Å². The van der Waals surface area contributed by atoms with Gasteiger partial charge in [-0.25, -0.2) is 0 Å². The third-order valence-electron chi connectivity index (χ3n) is 11.4. The molecule has 0 atom stereocenters. The Balaban J connectivity index is 1.66. The molecule has 0 bridgehead atoms. The molecule has 0 radical (unpaired) electrons. The number of nitrogens with two attached hydrogens (primary N) is 1. The lowest BCUT2D eigenvalue weighted by atomic mass is 9.81. The molecule has 3 nitrogen and oxygen atoms in total. The van der Waals surface area contributed by atoms with E-state index in [0.717, 1.165) is 55.5 Å². The highest BCUT2D eigenvalue weighted by Crippen LogP contribution is 2.53. The van der Waals surface area contributed by atoms with Crippen molar-refractivity contribution in [2.45, 2.75) is 105 Å². The van der Waals surface area contributed by atoms with E-state index in [2.05, 4.69) is 209 Å². The van der Waals surface area contributed by atoms with Crippen LogP contribution in [-0.2, 0) is 21.7 Å². The lowest BCUT2D eigenvalue weighted by Crippen LogP contribution is -2.13. The lowest BCUT2D eigenvalue weighted by Gasteiger charge is -2.25. The Morgan fingerprint density at radius 2 is 0.764 bits per heavy atom. The van der Waals surface area contributed by atoms with Gasteiger partial charge in [0.1, 0.15) is 0 Å². The van der Waals surface area contributed by atoms with Gasteiger partial charge in [0.15, 0.2) is 0 Å². The van der Waals surface area contributed by atoms with Gasteiger partial charge in [-0.15, -0.1) is 0 Å². The number of hydrogen-bond acceptors (Lipinski definition) is 2. The summed E-state index contributed by atoms with van der Waals surface area (Å²) in [6.45, 7) is 27.2. The highest BCUT2D eigenvalue weighted by molar-refractivity contribution is 6.27. The fourth-order valence-corrected chi connectivity index (χ4v) is 8.00. The summed E-state index contributed by atoms with van der Waals surface area (Å²) in [5.41, 5.74) is 20.8. The zero-order chi connectivity index (χ0) is 39.7. The first-order valence-corrected chi connectivity index (χ1v) is 19.8. The van der Waals surface area contributed by atoms with Crippen molar-refractivity contribution in [3.8, 4) is 44.5 Å². The molecule has 0 aliphatic carbocycles. The summed E-state index contributed by atoms with van der Waals surface area (Å²) in [6, 6.07) is 43.1. The van der Waals surface area contributed by atoms with E-state index >= 15 is 0 Å². The third kappa shape index (κ3) is 7.11. The summed E-state index contributed by atoms with van der Waals surface area (Å²) >= 11 is 0. The van der Waals surface area contributed by atoms with Crippen LogP contribution >= 0.6 is 0 Å². The molecule has 0 fully saturated rings. The first-order chi connectivity index (χ1) is 25.8. The summed E-state index contributed by atoms with van der Waals surface area (Å²) in [4.78, 5) is 4.01. The Labute approximate surface area is 329 Å². The minimum atomic E-state index is 0.0268. The second kappa shape index (κ2) is 13.6. The number of aromatic amines is 1. The van der Waals surface area contributed by atoms with Crippen LogP contribution in [0.2, 0.25) is 0 Å².